The van der Waals surface area contributed by atoms with E-state index < -0.39 is 12.1 Å². The van der Waals surface area contributed by atoms with Crippen LogP contribution in [0.5, 0.6) is 0 Å². The molecule has 0 fully saturated rings. The van der Waals surface area contributed by atoms with E-state index in [2.05, 4.69) is 6.92 Å². The van der Waals surface area contributed by atoms with Crippen molar-refractivity contribution in [3.8, 4) is 0 Å². The number of hydrogen-bond donors (Lipinski definition) is 3. The highest BCUT2D eigenvalue weighted by molar-refractivity contribution is 4.70. The van der Waals surface area contributed by atoms with Crippen LogP contribution in [-0.4, -0.2) is 29.0 Å². The van der Waals surface area contributed by atoms with Crippen molar-refractivity contribution in [1.82, 2.24) is 0 Å². The number of unbranched alkanes of at least 4 members (excludes halogenated alkanes) is 9. The topological polar surface area (TPSA) is 66.5 Å². The molecular weight excluding hydrogens is 226 g/mol. The summed E-state index contributed by atoms with van der Waals surface area (Å²) in [5.74, 6) is 0. The molecule has 0 bridgehead atoms. The molecular formula is C15H33NO2. The summed E-state index contributed by atoms with van der Waals surface area (Å²) in [5.41, 5.74) is 5.54. The summed E-state index contributed by atoms with van der Waals surface area (Å²) in [6, 6.07) is -0.469. The van der Waals surface area contributed by atoms with Gasteiger partial charge in [-0.05, 0) is 6.42 Å². The zero-order valence-electron chi connectivity index (χ0n) is 12.1. The second-order valence-electron chi connectivity index (χ2n) is 5.38. The first kappa shape index (κ1) is 17.9. The van der Waals surface area contributed by atoms with Crippen LogP contribution in [0.3, 0.4) is 0 Å². The average molecular weight is 259 g/mol. The quantitative estimate of drug-likeness (QED) is 0.445. The molecule has 0 aliphatic carbocycles. The first-order valence-electron chi connectivity index (χ1n) is 7.76. The van der Waals surface area contributed by atoms with E-state index in [-0.39, 0.29) is 6.61 Å². The molecule has 2 unspecified atom stereocenters. The zero-order valence-corrected chi connectivity index (χ0v) is 12.1. The smallest absolute Gasteiger partial charge is 0.0713 e. The van der Waals surface area contributed by atoms with Gasteiger partial charge in [-0.3, -0.25) is 0 Å². The summed E-state index contributed by atoms with van der Waals surface area (Å²) in [4.78, 5) is 0. The molecule has 0 saturated carbocycles. The minimum Gasteiger partial charge on any atom is -0.395 e. The molecule has 0 rings (SSSR count). The van der Waals surface area contributed by atoms with E-state index in [4.69, 9.17) is 10.8 Å². The van der Waals surface area contributed by atoms with Gasteiger partial charge in [0.25, 0.3) is 0 Å². The summed E-state index contributed by atoms with van der Waals surface area (Å²) in [5, 5.41) is 18.3. The van der Waals surface area contributed by atoms with Crippen LogP contribution < -0.4 is 5.73 Å². The third-order valence-electron chi connectivity index (χ3n) is 3.56. The fraction of sp³-hybridized carbons (Fsp3) is 1.00. The van der Waals surface area contributed by atoms with E-state index in [0.717, 1.165) is 12.8 Å². The highest BCUT2D eigenvalue weighted by atomic mass is 16.3. The SMILES string of the molecule is CCCCCCCCCCCCC(O)C(N)CO. The molecule has 110 valence electrons. The minimum atomic E-state index is -0.538. The van der Waals surface area contributed by atoms with Gasteiger partial charge in [0.05, 0.1) is 18.8 Å². The molecule has 0 aliphatic rings. The zero-order chi connectivity index (χ0) is 13.6. The molecule has 3 heteroatoms. The van der Waals surface area contributed by atoms with E-state index >= 15 is 0 Å². The van der Waals surface area contributed by atoms with Crippen LogP contribution in [0.2, 0.25) is 0 Å². The van der Waals surface area contributed by atoms with E-state index in [1.165, 1.54) is 57.8 Å². The van der Waals surface area contributed by atoms with E-state index in [1.54, 1.807) is 0 Å². The third-order valence-corrected chi connectivity index (χ3v) is 3.56. The predicted octanol–water partition coefficient (Wildman–Crippen LogP) is 2.98. The normalized spacial score (nSPS) is 14.7. The summed E-state index contributed by atoms with van der Waals surface area (Å²) in [6.07, 6.45) is 13.1. The number of rotatable bonds is 13. The maximum absolute atomic E-state index is 9.56. The van der Waals surface area contributed by atoms with Crippen LogP contribution in [0.15, 0.2) is 0 Å². The standard InChI is InChI=1S/C15H33NO2/c1-2-3-4-5-6-7-8-9-10-11-12-15(18)14(16)13-17/h14-15,17-18H,2-13,16H2,1H3. The van der Waals surface area contributed by atoms with Gasteiger partial charge in [-0.25, -0.2) is 0 Å². The van der Waals surface area contributed by atoms with Crippen molar-refractivity contribution in [2.24, 2.45) is 5.73 Å². The molecule has 0 heterocycles. The monoisotopic (exact) mass is 259 g/mol. The Bertz CT molecular complexity index is 165. The van der Waals surface area contributed by atoms with Crippen molar-refractivity contribution in [3.63, 3.8) is 0 Å². The van der Waals surface area contributed by atoms with Crippen LogP contribution in [-0.2, 0) is 0 Å². The van der Waals surface area contributed by atoms with Crippen molar-refractivity contribution in [1.29, 1.82) is 0 Å². The highest BCUT2D eigenvalue weighted by Crippen LogP contribution is 2.12. The van der Waals surface area contributed by atoms with E-state index in [1.807, 2.05) is 0 Å². The molecule has 0 aliphatic heterocycles. The number of aliphatic hydroxyl groups is 2. The van der Waals surface area contributed by atoms with Gasteiger partial charge in [-0.1, -0.05) is 71.1 Å². The molecule has 0 aromatic carbocycles. The summed E-state index contributed by atoms with van der Waals surface area (Å²) in [6.45, 7) is 2.12. The van der Waals surface area contributed by atoms with Gasteiger partial charge in [-0.15, -0.1) is 0 Å². The van der Waals surface area contributed by atoms with Crippen molar-refractivity contribution in [3.05, 3.63) is 0 Å². The van der Waals surface area contributed by atoms with Gasteiger partial charge >= 0.3 is 0 Å². The molecule has 0 saturated heterocycles. The Morgan fingerprint density at radius 1 is 0.833 bits per heavy atom. The van der Waals surface area contributed by atoms with Gasteiger partial charge < -0.3 is 15.9 Å². The molecule has 0 spiro atoms. The second kappa shape index (κ2) is 13.3. The van der Waals surface area contributed by atoms with E-state index in [9.17, 15) is 5.11 Å². The van der Waals surface area contributed by atoms with Crippen molar-refractivity contribution >= 4 is 0 Å². The first-order chi connectivity index (χ1) is 8.72. The molecule has 0 aromatic rings. The van der Waals surface area contributed by atoms with Crippen LogP contribution >= 0.6 is 0 Å². The lowest BCUT2D eigenvalue weighted by Crippen LogP contribution is -2.37. The third kappa shape index (κ3) is 11.0. The number of nitrogens with two attached hydrogens (primary N) is 1. The fourth-order valence-electron chi connectivity index (χ4n) is 2.18. The lowest BCUT2D eigenvalue weighted by Gasteiger charge is -2.15. The molecule has 2 atom stereocenters. The van der Waals surface area contributed by atoms with Crippen molar-refractivity contribution in [2.45, 2.75) is 89.7 Å². The van der Waals surface area contributed by atoms with Gasteiger partial charge in [0.15, 0.2) is 0 Å². The Balaban J connectivity index is 3.11. The summed E-state index contributed by atoms with van der Waals surface area (Å²) >= 11 is 0. The average Bonchev–Trinajstić information content (AvgIpc) is 2.39. The predicted molar refractivity (Wildman–Crippen MR) is 77.5 cm³/mol. The number of hydrogen-bond acceptors (Lipinski definition) is 3. The Kier molecular flexibility index (Phi) is 13.2. The minimum absolute atomic E-state index is 0.126. The van der Waals surface area contributed by atoms with Gasteiger partial charge in [-0.2, -0.15) is 0 Å². The lowest BCUT2D eigenvalue weighted by atomic mass is 10.0. The maximum Gasteiger partial charge on any atom is 0.0713 e. The van der Waals surface area contributed by atoms with Gasteiger partial charge in [0, 0.05) is 0 Å². The molecule has 0 amide bonds. The van der Waals surface area contributed by atoms with Crippen LogP contribution in [0, 0.1) is 0 Å². The fourth-order valence-corrected chi connectivity index (χ4v) is 2.18. The Morgan fingerprint density at radius 3 is 1.72 bits per heavy atom. The largest absolute Gasteiger partial charge is 0.395 e. The van der Waals surface area contributed by atoms with Gasteiger partial charge in [0.2, 0.25) is 0 Å². The van der Waals surface area contributed by atoms with E-state index in [0.29, 0.717) is 0 Å². The molecule has 18 heavy (non-hydrogen) atoms. The highest BCUT2D eigenvalue weighted by Gasteiger charge is 2.12. The Hall–Kier alpha value is -0.120. The molecule has 3 nitrogen and oxygen atoms in total. The van der Waals surface area contributed by atoms with Crippen molar-refractivity contribution in [2.75, 3.05) is 6.61 Å². The Morgan fingerprint density at radius 2 is 1.28 bits per heavy atom. The molecule has 0 aromatic heterocycles. The van der Waals surface area contributed by atoms with Crippen LogP contribution in [0.25, 0.3) is 0 Å². The second-order valence-corrected chi connectivity index (χ2v) is 5.38. The first-order valence-corrected chi connectivity index (χ1v) is 7.76. The van der Waals surface area contributed by atoms with Crippen molar-refractivity contribution < 1.29 is 10.2 Å². The molecule has 4 N–H and O–H groups in total. The van der Waals surface area contributed by atoms with Gasteiger partial charge in [0.1, 0.15) is 0 Å². The summed E-state index contributed by atoms with van der Waals surface area (Å²) < 4.78 is 0. The lowest BCUT2D eigenvalue weighted by molar-refractivity contribution is 0.0990. The summed E-state index contributed by atoms with van der Waals surface area (Å²) in [7, 11) is 0. The van der Waals surface area contributed by atoms with Crippen LogP contribution in [0.1, 0.15) is 77.6 Å². The number of aliphatic hydroxyl groups excluding tert-OH is 2. The Labute approximate surface area is 113 Å². The van der Waals surface area contributed by atoms with Crippen LogP contribution in [0.4, 0.5) is 0 Å². The maximum atomic E-state index is 9.56. The molecule has 0 radical (unpaired) electrons.